The van der Waals surface area contributed by atoms with Crippen LogP contribution in [-0.4, -0.2) is 58.1 Å². The quantitative estimate of drug-likeness (QED) is 0.629. The van der Waals surface area contributed by atoms with Gasteiger partial charge >= 0.3 is 12.1 Å². The van der Waals surface area contributed by atoms with Gasteiger partial charge in [-0.05, 0) is 29.5 Å². The van der Waals surface area contributed by atoms with E-state index in [1.807, 2.05) is 54.6 Å². The van der Waals surface area contributed by atoms with Gasteiger partial charge in [0, 0.05) is 43.5 Å². The number of nitrogens with zero attached hydrogens (tertiary/aromatic N) is 3. The number of rotatable bonds is 5. The molecule has 0 spiro atoms. The number of urea groups is 1. The number of piperazine rings is 1. The van der Waals surface area contributed by atoms with Gasteiger partial charge in [-0.1, -0.05) is 42.5 Å². The minimum atomic E-state index is -0.357. The van der Waals surface area contributed by atoms with Crippen LogP contribution in [0, 0.1) is 0 Å². The molecule has 1 aliphatic rings. The number of hydrogen-bond donors (Lipinski definition) is 2. The molecule has 9 heteroatoms. The van der Waals surface area contributed by atoms with Crippen LogP contribution in [0.15, 0.2) is 77.0 Å². The zero-order chi connectivity index (χ0) is 21.5. The molecule has 2 N–H and O–H groups in total. The summed E-state index contributed by atoms with van der Waals surface area (Å²) in [6, 6.07) is 17.0. The SMILES string of the molecule is O=C(Nc1ccccc1Sc1ncc[nH]1)N1CCN(C(=O)OCc2ccccc2)CC1. The second-order valence-corrected chi connectivity index (χ2v) is 7.97. The summed E-state index contributed by atoms with van der Waals surface area (Å²) in [6.07, 6.45) is 3.09. The number of amides is 3. The first-order valence-corrected chi connectivity index (χ1v) is 10.8. The summed E-state index contributed by atoms with van der Waals surface area (Å²) in [6.45, 7) is 2.00. The molecule has 1 fully saturated rings. The molecule has 160 valence electrons. The minimum absolute atomic E-state index is 0.190. The van der Waals surface area contributed by atoms with Crippen molar-refractivity contribution in [3.05, 3.63) is 72.6 Å². The Morgan fingerprint density at radius 2 is 1.71 bits per heavy atom. The van der Waals surface area contributed by atoms with Crippen LogP contribution in [0.5, 0.6) is 0 Å². The Labute approximate surface area is 184 Å². The van der Waals surface area contributed by atoms with Gasteiger partial charge in [-0.3, -0.25) is 0 Å². The van der Waals surface area contributed by atoms with E-state index in [4.69, 9.17) is 4.74 Å². The third kappa shape index (κ3) is 5.58. The molecule has 2 aromatic carbocycles. The van der Waals surface area contributed by atoms with Crippen LogP contribution in [0.1, 0.15) is 5.56 Å². The molecule has 1 aromatic heterocycles. The molecule has 31 heavy (non-hydrogen) atoms. The zero-order valence-electron chi connectivity index (χ0n) is 16.9. The Bertz CT molecular complexity index is 1010. The van der Waals surface area contributed by atoms with Gasteiger partial charge in [0.05, 0.1) is 5.69 Å². The lowest BCUT2D eigenvalue weighted by molar-refractivity contribution is 0.0782. The largest absolute Gasteiger partial charge is 0.445 e. The monoisotopic (exact) mass is 437 g/mol. The highest BCUT2D eigenvalue weighted by molar-refractivity contribution is 7.99. The van der Waals surface area contributed by atoms with Crippen molar-refractivity contribution in [2.75, 3.05) is 31.5 Å². The van der Waals surface area contributed by atoms with E-state index >= 15 is 0 Å². The standard InChI is InChI=1S/C22H23N5O3S/c28-21(25-18-8-4-5-9-19(18)31-20-23-10-11-24-20)26-12-14-27(15-13-26)22(29)30-16-17-6-2-1-3-7-17/h1-11H,12-16H2,(H,23,24)(H,25,28). The number of ether oxygens (including phenoxy) is 1. The number of benzene rings is 2. The first kappa shape index (κ1) is 20.8. The number of anilines is 1. The van der Waals surface area contributed by atoms with E-state index in [9.17, 15) is 9.59 Å². The van der Waals surface area contributed by atoms with Gasteiger partial charge in [-0.15, -0.1) is 0 Å². The molecule has 0 bridgehead atoms. The molecule has 0 saturated carbocycles. The van der Waals surface area contributed by atoms with Crippen LogP contribution in [-0.2, 0) is 11.3 Å². The second-order valence-electron chi connectivity index (χ2n) is 6.94. The number of imidazole rings is 1. The van der Waals surface area contributed by atoms with Crippen LogP contribution >= 0.6 is 11.8 Å². The van der Waals surface area contributed by atoms with Crippen molar-refractivity contribution in [3.63, 3.8) is 0 Å². The topological polar surface area (TPSA) is 90.6 Å². The molecular weight excluding hydrogens is 414 g/mol. The lowest BCUT2D eigenvalue weighted by Crippen LogP contribution is -2.51. The van der Waals surface area contributed by atoms with Crippen molar-refractivity contribution in [2.24, 2.45) is 0 Å². The summed E-state index contributed by atoms with van der Waals surface area (Å²) < 4.78 is 5.38. The zero-order valence-corrected chi connectivity index (χ0v) is 17.7. The number of aromatic nitrogens is 2. The molecule has 8 nitrogen and oxygen atoms in total. The molecule has 4 rings (SSSR count). The van der Waals surface area contributed by atoms with Crippen molar-refractivity contribution in [1.82, 2.24) is 19.8 Å². The van der Waals surface area contributed by atoms with E-state index < -0.39 is 0 Å². The molecule has 3 amide bonds. The number of aromatic amines is 1. The number of H-pyrrole nitrogens is 1. The summed E-state index contributed by atoms with van der Waals surface area (Å²) in [5.74, 6) is 0. The van der Waals surface area contributed by atoms with E-state index in [1.165, 1.54) is 11.8 Å². The van der Waals surface area contributed by atoms with Gasteiger partial charge in [-0.25, -0.2) is 14.6 Å². The highest BCUT2D eigenvalue weighted by Gasteiger charge is 2.25. The normalized spacial score (nSPS) is 13.7. The number of para-hydroxylation sites is 1. The molecule has 0 radical (unpaired) electrons. The predicted molar refractivity (Wildman–Crippen MR) is 118 cm³/mol. The average Bonchev–Trinajstić information content (AvgIpc) is 3.33. The van der Waals surface area contributed by atoms with Crippen molar-refractivity contribution < 1.29 is 14.3 Å². The Balaban J connectivity index is 1.27. The van der Waals surface area contributed by atoms with E-state index in [-0.39, 0.29) is 18.7 Å². The van der Waals surface area contributed by atoms with Gasteiger partial charge in [0.25, 0.3) is 0 Å². The third-order valence-electron chi connectivity index (χ3n) is 4.84. The van der Waals surface area contributed by atoms with E-state index in [0.29, 0.717) is 26.2 Å². The lowest BCUT2D eigenvalue weighted by atomic mass is 10.2. The fourth-order valence-corrected chi connectivity index (χ4v) is 3.99. The molecule has 1 saturated heterocycles. The Hall–Kier alpha value is -3.46. The van der Waals surface area contributed by atoms with Gasteiger partial charge < -0.3 is 24.8 Å². The molecule has 0 aliphatic carbocycles. The van der Waals surface area contributed by atoms with Crippen LogP contribution < -0.4 is 5.32 Å². The summed E-state index contributed by atoms with van der Waals surface area (Å²) in [5, 5.41) is 3.73. The van der Waals surface area contributed by atoms with Crippen LogP contribution in [0.4, 0.5) is 15.3 Å². The minimum Gasteiger partial charge on any atom is -0.445 e. The maximum absolute atomic E-state index is 12.8. The van der Waals surface area contributed by atoms with E-state index in [2.05, 4.69) is 15.3 Å². The van der Waals surface area contributed by atoms with Gasteiger partial charge in [0.1, 0.15) is 6.61 Å². The molecule has 0 atom stereocenters. The number of carbonyl (C=O) groups excluding carboxylic acids is 2. The molecule has 3 aromatic rings. The van der Waals surface area contributed by atoms with Crippen LogP contribution in [0.3, 0.4) is 0 Å². The fraction of sp³-hybridized carbons (Fsp3) is 0.227. The van der Waals surface area contributed by atoms with Gasteiger partial charge in [0.15, 0.2) is 5.16 Å². The number of nitrogens with one attached hydrogen (secondary N) is 2. The molecular formula is C22H23N5O3S. The Morgan fingerprint density at radius 1 is 1.00 bits per heavy atom. The molecule has 1 aliphatic heterocycles. The van der Waals surface area contributed by atoms with Crippen LogP contribution in [0.25, 0.3) is 0 Å². The fourth-order valence-electron chi connectivity index (χ4n) is 3.17. The second kappa shape index (κ2) is 10.0. The number of carbonyl (C=O) groups is 2. The third-order valence-corrected chi connectivity index (χ3v) is 5.83. The molecule has 0 unspecified atom stereocenters. The number of hydrogen-bond acceptors (Lipinski definition) is 5. The van der Waals surface area contributed by atoms with Crippen molar-refractivity contribution in [3.8, 4) is 0 Å². The first-order chi connectivity index (χ1) is 15.2. The Kier molecular flexibility index (Phi) is 6.73. The van der Waals surface area contributed by atoms with Crippen molar-refractivity contribution >= 4 is 29.6 Å². The summed E-state index contributed by atoms with van der Waals surface area (Å²) in [7, 11) is 0. The maximum atomic E-state index is 12.8. The Morgan fingerprint density at radius 3 is 2.45 bits per heavy atom. The van der Waals surface area contributed by atoms with Crippen LogP contribution in [0.2, 0.25) is 0 Å². The maximum Gasteiger partial charge on any atom is 0.410 e. The van der Waals surface area contributed by atoms with Gasteiger partial charge in [-0.2, -0.15) is 0 Å². The van der Waals surface area contributed by atoms with Crippen molar-refractivity contribution in [2.45, 2.75) is 16.7 Å². The average molecular weight is 438 g/mol. The van der Waals surface area contributed by atoms with E-state index in [1.54, 1.807) is 22.2 Å². The highest BCUT2D eigenvalue weighted by atomic mass is 32.2. The van der Waals surface area contributed by atoms with Crippen molar-refractivity contribution in [1.29, 1.82) is 0 Å². The molecule has 2 heterocycles. The summed E-state index contributed by atoms with van der Waals surface area (Å²) in [4.78, 5) is 36.6. The summed E-state index contributed by atoms with van der Waals surface area (Å²) >= 11 is 1.45. The predicted octanol–water partition coefficient (Wildman–Crippen LogP) is 4.05. The first-order valence-electron chi connectivity index (χ1n) is 9.97. The lowest BCUT2D eigenvalue weighted by Gasteiger charge is -2.34. The smallest absolute Gasteiger partial charge is 0.410 e. The summed E-state index contributed by atoms with van der Waals surface area (Å²) in [5.41, 5.74) is 1.67. The van der Waals surface area contributed by atoms with E-state index in [0.717, 1.165) is 21.3 Å². The van der Waals surface area contributed by atoms with Gasteiger partial charge in [0.2, 0.25) is 0 Å². The highest BCUT2D eigenvalue weighted by Crippen LogP contribution is 2.31.